The maximum absolute atomic E-state index is 11.6. The number of anilines is 1. The Morgan fingerprint density at radius 2 is 2.15 bits per heavy atom. The van der Waals surface area contributed by atoms with E-state index in [4.69, 9.17) is 4.74 Å². The molecule has 1 rings (SSSR count). The normalized spacial score (nSPS) is 9.95. The number of carbonyl (C=O) groups is 2. The lowest BCUT2D eigenvalue weighted by atomic mass is 10.2. The molecule has 2 amide bonds. The van der Waals surface area contributed by atoms with Gasteiger partial charge in [0.1, 0.15) is 6.61 Å². The Balaban J connectivity index is 2.34. The Hall–Kier alpha value is -2.08. The van der Waals surface area contributed by atoms with Crippen LogP contribution in [0, 0.1) is 6.92 Å². The van der Waals surface area contributed by atoms with Crippen molar-refractivity contribution in [3.8, 4) is 0 Å². The lowest BCUT2D eigenvalue weighted by molar-refractivity contribution is -0.121. The highest BCUT2D eigenvalue weighted by molar-refractivity contribution is 5.85. The van der Waals surface area contributed by atoms with Crippen LogP contribution in [0.15, 0.2) is 24.3 Å². The highest BCUT2D eigenvalue weighted by Crippen LogP contribution is 2.14. The molecule has 0 atom stereocenters. The number of amides is 2. The second-order valence-electron chi connectivity index (χ2n) is 4.37. The summed E-state index contributed by atoms with van der Waals surface area (Å²) in [5.74, 6) is -0.0805. The van der Waals surface area contributed by atoms with Crippen LogP contribution < -0.4 is 10.4 Å². The zero-order valence-electron chi connectivity index (χ0n) is 11.8. The molecule has 110 valence electrons. The molecule has 1 aromatic rings. The van der Waals surface area contributed by atoms with Crippen molar-refractivity contribution in [2.75, 3.05) is 18.2 Å². The summed E-state index contributed by atoms with van der Waals surface area (Å²) in [6.45, 7) is 4.00. The van der Waals surface area contributed by atoms with Crippen LogP contribution in [0.2, 0.25) is 0 Å². The van der Waals surface area contributed by atoms with Gasteiger partial charge in [0.2, 0.25) is 5.91 Å². The number of hydrogen-bond acceptors (Lipinski definition) is 4. The first kappa shape index (κ1) is 16.0. The maximum Gasteiger partial charge on any atom is 0.438 e. The Morgan fingerprint density at radius 3 is 2.80 bits per heavy atom. The van der Waals surface area contributed by atoms with E-state index in [0.717, 1.165) is 12.0 Å². The van der Waals surface area contributed by atoms with Gasteiger partial charge < -0.3 is 10.1 Å². The fourth-order valence-corrected chi connectivity index (χ4v) is 1.57. The van der Waals surface area contributed by atoms with Crippen molar-refractivity contribution < 1.29 is 19.5 Å². The van der Waals surface area contributed by atoms with Gasteiger partial charge in [0, 0.05) is 6.42 Å². The first-order valence-electron chi connectivity index (χ1n) is 6.53. The highest BCUT2D eigenvalue weighted by Gasteiger charge is 2.14. The Labute approximate surface area is 118 Å². The summed E-state index contributed by atoms with van der Waals surface area (Å²) in [6, 6.07) is 6.83. The van der Waals surface area contributed by atoms with Gasteiger partial charge in [0.05, 0.1) is 12.2 Å². The lowest BCUT2D eigenvalue weighted by Crippen LogP contribution is -2.32. The number of nitrogens with one attached hydrogen (secondary N) is 1. The van der Waals surface area contributed by atoms with Gasteiger partial charge >= 0.3 is 6.09 Å². The van der Waals surface area contributed by atoms with Gasteiger partial charge in [-0.15, -0.1) is 0 Å². The lowest BCUT2D eigenvalue weighted by Gasteiger charge is -2.15. The largest absolute Gasteiger partial charge is 0.446 e. The molecule has 1 aromatic carbocycles. The number of ether oxygens (including phenoxy) is 1. The first-order chi connectivity index (χ1) is 9.54. The van der Waals surface area contributed by atoms with Gasteiger partial charge in [0.25, 0.3) is 0 Å². The van der Waals surface area contributed by atoms with Crippen LogP contribution in [0.1, 0.15) is 25.3 Å². The van der Waals surface area contributed by atoms with Gasteiger partial charge in [-0.2, -0.15) is 5.06 Å². The number of hydrogen-bond donors (Lipinski definition) is 2. The molecule has 0 saturated heterocycles. The molecule has 6 heteroatoms. The van der Waals surface area contributed by atoms with E-state index in [1.807, 2.05) is 19.9 Å². The summed E-state index contributed by atoms with van der Waals surface area (Å²) in [7, 11) is 0. The molecular formula is C14H20N2O4. The maximum atomic E-state index is 11.6. The first-order valence-corrected chi connectivity index (χ1v) is 6.53. The molecule has 0 unspecified atom stereocenters. The molecule has 0 spiro atoms. The van der Waals surface area contributed by atoms with Crippen LogP contribution >= 0.6 is 0 Å². The van der Waals surface area contributed by atoms with E-state index in [2.05, 4.69) is 5.32 Å². The zero-order valence-corrected chi connectivity index (χ0v) is 11.8. The van der Waals surface area contributed by atoms with Crippen molar-refractivity contribution in [3.63, 3.8) is 0 Å². The van der Waals surface area contributed by atoms with E-state index in [1.54, 1.807) is 18.2 Å². The molecule has 0 aromatic heterocycles. The van der Waals surface area contributed by atoms with E-state index in [0.29, 0.717) is 17.2 Å². The summed E-state index contributed by atoms with van der Waals surface area (Å²) in [6.07, 6.45) is 0.340. The number of nitrogens with zero attached hydrogens (tertiary/aromatic N) is 1. The monoisotopic (exact) mass is 280 g/mol. The van der Waals surface area contributed by atoms with Crippen LogP contribution in [0.3, 0.4) is 0 Å². The number of hydroxylamine groups is 1. The summed E-state index contributed by atoms with van der Waals surface area (Å²) in [5, 5.41) is 12.7. The summed E-state index contributed by atoms with van der Waals surface area (Å²) >= 11 is 0. The number of carbonyl (C=O) groups excluding carboxylic acids is 2. The Bertz CT molecular complexity index is 462. The molecule has 2 N–H and O–H groups in total. The molecule has 0 aliphatic rings. The minimum atomic E-state index is -0.875. The topological polar surface area (TPSA) is 78.9 Å². The van der Waals surface area contributed by atoms with Crippen LogP contribution in [0.25, 0.3) is 0 Å². The van der Waals surface area contributed by atoms with E-state index >= 15 is 0 Å². The number of rotatable bonds is 6. The molecule has 0 radical (unpaired) electrons. The van der Waals surface area contributed by atoms with Crippen molar-refractivity contribution in [1.82, 2.24) is 5.32 Å². The van der Waals surface area contributed by atoms with Gasteiger partial charge in [-0.1, -0.05) is 19.1 Å². The Kier molecular flexibility index (Phi) is 6.52. The number of aryl methyl sites for hydroxylation is 1. The van der Waals surface area contributed by atoms with Crippen LogP contribution in [-0.2, 0) is 9.53 Å². The van der Waals surface area contributed by atoms with E-state index in [9.17, 15) is 14.8 Å². The van der Waals surface area contributed by atoms with E-state index < -0.39 is 6.09 Å². The van der Waals surface area contributed by atoms with Crippen molar-refractivity contribution in [3.05, 3.63) is 29.8 Å². The standard InChI is InChI=1S/C14H20N2O4/c1-3-5-13(17)15-8-9-20-14(18)16(19)12-7-4-6-11(2)10-12/h4,6-7,10,19H,3,5,8-9H2,1-2H3,(H,15,17). The number of benzene rings is 1. The molecule has 0 fully saturated rings. The highest BCUT2D eigenvalue weighted by atomic mass is 16.6. The summed E-state index contributed by atoms with van der Waals surface area (Å²) in [4.78, 5) is 22.7. The third-order valence-electron chi connectivity index (χ3n) is 2.55. The van der Waals surface area contributed by atoms with Crippen LogP contribution in [0.5, 0.6) is 0 Å². The summed E-state index contributed by atoms with van der Waals surface area (Å²) < 4.78 is 4.85. The minimum absolute atomic E-state index is 0.0111. The molecular weight excluding hydrogens is 260 g/mol. The van der Waals surface area contributed by atoms with Gasteiger partial charge in [-0.05, 0) is 31.0 Å². The van der Waals surface area contributed by atoms with Crippen molar-refractivity contribution in [2.45, 2.75) is 26.7 Å². The fraction of sp³-hybridized carbons (Fsp3) is 0.429. The van der Waals surface area contributed by atoms with Crippen molar-refractivity contribution in [2.24, 2.45) is 0 Å². The fourth-order valence-electron chi connectivity index (χ4n) is 1.57. The molecule has 0 heterocycles. The van der Waals surface area contributed by atoms with E-state index in [1.165, 1.54) is 0 Å². The predicted molar refractivity (Wildman–Crippen MR) is 74.7 cm³/mol. The third kappa shape index (κ3) is 5.27. The van der Waals surface area contributed by atoms with Gasteiger partial charge in [-0.25, -0.2) is 4.79 Å². The minimum Gasteiger partial charge on any atom is -0.446 e. The molecule has 20 heavy (non-hydrogen) atoms. The average molecular weight is 280 g/mol. The Morgan fingerprint density at radius 1 is 1.40 bits per heavy atom. The summed E-state index contributed by atoms with van der Waals surface area (Å²) in [5.41, 5.74) is 1.26. The molecule has 0 bridgehead atoms. The zero-order chi connectivity index (χ0) is 15.0. The van der Waals surface area contributed by atoms with Gasteiger partial charge in [0.15, 0.2) is 0 Å². The third-order valence-corrected chi connectivity index (χ3v) is 2.55. The van der Waals surface area contributed by atoms with Crippen LogP contribution in [0.4, 0.5) is 10.5 Å². The van der Waals surface area contributed by atoms with Crippen LogP contribution in [-0.4, -0.2) is 30.4 Å². The second kappa shape index (κ2) is 8.16. The van der Waals surface area contributed by atoms with E-state index in [-0.39, 0.29) is 19.1 Å². The second-order valence-corrected chi connectivity index (χ2v) is 4.37. The average Bonchev–Trinajstić information content (AvgIpc) is 2.43. The van der Waals surface area contributed by atoms with Crippen molar-refractivity contribution >= 4 is 17.7 Å². The predicted octanol–water partition coefficient (Wildman–Crippen LogP) is 2.24. The molecule has 0 aliphatic carbocycles. The molecule has 0 saturated carbocycles. The quantitative estimate of drug-likeness (QED) is 0.476. The molecule has 0 aliphatic heterocycles. The molecule has 6 nitrogen and oxygen atoms in total. The van der Waals surface area contributed by atoms with Crippen molar-refractivity contribution in [1.29, 1.82) is 0 Å². The SMILES string of the molecule is CCCC(=O)NCCOC(=O)N(O)c1cccc(C)c1. The smallest absolute Gasteiger partial charge is 0.438 e. The van der Waals surface area contributed by atoms with Gasteiger partial charge in [-0.3, -0.25) is 10.0 Å².